The standard InChI is InChI=1S/C22H32O5/c1-12-14-7-6-9-21(3,4)16(14)8-10-22(12,5)18-15-11-17(24)26-20(18)27-19(15)25-13(2)23/h7,12,15-16,18-20H,6,8-11H2,1-5H3. The fraction of sp³-hybridized carbons (Fsp3) is 0.818. The summed E-state index contributed by atoms with van der Waals surface area (Å²) in [6.07, 6.45) is 6.04. The lowest BCUT2D eigenvalue weighted by Crippen LogP contribution is -2.51. The molecule has 0 amide bonds. The molecule has 4 aliphatic rings. The molecule has 0 aromatic rings. The highest BCUT2D eigenvalue weighted by Crippen LogP contribution is 2.62. The minimum absolute atomic E-state index is 0.0410. The number of ether oxygens (including phenoxy) is 3. The van der Waals surface area contributed by atoms with Crippen LogP contribution in [0.5, 0.6) is 0 Å². The number of hydrogen-bond acceptors (Lipinski definition) is 5. The van der Waals surface area contributed by atoms with Crippen LogP contribution in [0.4, 0.5) is 0 Å². The molecule has 27 heavy (non-hydrogen) atoms. The van der Waals surface area contributed by atoms with Crippen molar-refractivity contribution in [1.82, 2.24) is 0 Å². The van der Waals surface area contributed by atoms with Gasteiger partial charge in [-0.2, -0.15) is 0 Å². The highest BCUT2D eigenvalue weighted by atomic mass is 16.8. The Kier molecular flexibility index (Phi) is 4.45. The first kappa shape index (κ1) is 19.0. The number of carbonyl (C=O) groups excluding carboxylic acids is 2. The van der Waals surface area contributed by atoms with Gasteiger partial charge in [-0.1, -0.05) is 39.3 Å². The van der Waals surface area contributed by atoms with Gasteiger partial charge in [0.2, 0.25) is 12.6 Å². The Hall–Kier alpha value is -1.36. The molecule has 7 atom stereocenters. The summed E-state index contributed by atoms with van der Waals surface area (Å²) in [5.74, 6) is 0.324. The van der Waals surface area contributed by atoms with E-state index in [-0.39, 0.29) is 35.6 Å². The van der Waals surface area contributed by atoms with E-state index < -0.39 is 12.6 Å². The third kappa shape index (κ3) is 2.93. The molecule has 7 unspecified atom stereocenters. The smallest absolute Gasteiger partial charge is 0.308 e. The normalized spacial score (nSPS) is 45.5. The number of carbonyl (C=O) groups is 2. The minimum atomic E-state index is -0.678. The van der Waals surface area contributed by atoms with E-state index in [2.05, 4.69) is 33.8 Å². The lowest BCUT2D eigenvalue weighted by molar-refractivity contribution is -0.215. The van der Waals surface area contributed by atoms with E-state index in [0.29, 0.717) is 17.3 Å². The first-order chi connectivity index (χ1) is 12.6. The average Bonchev–Trinajstić information content (AvgIpc) is 2.79. The van der Waals surface area contributed by atoms with Gasteiger partial charge in [0, 0.05) is 18.8 Å². The number of rotatable bonds is 2. The van der Waals surface area contributed by atoms with Gasteiger partial charge in [0.1, 0.15) is 0 Å². The molecule has 5 nitrogen and oxygen atoms in total. The molecule has 2 bridgehead atoms. The van der Waals surface area contributed by atoms with Crippen molar-refractivity contribution in [3.8, 4) is 0 Å². The second-order valence-corrected chi connectivity index (χ2v) is 9.92. The topological polar surface area (TPSA) is 61.8 Å². The van der Waals surface area contributed by atoms with Crippen LogP contribution in [-0.2, 0) is 23.8 Å². The Balaban J connectivity index is 1.65. The second-order valence-electron chi connectivity index (χ2n) is 9.92. The molecule has 0 radical (unpaired) electrons. The molecule has 2 aliphatic heterocycles. The maximum atomic E-state index is 12.0. The van der Waals surface area contributed by atoms with Gasteiger partial charge in [0.25, 0.3) is 0 Å². The van der Waals surface area contributed by atoms with Gasteiger partial charge in [0.05, 0.1) is 6.42 Å². The van der Waals surface area contributed by atoms with Crippen molar-refractivity contribution < 1.29 is 23.8 Å². The van der Waals surface area contributed by atoms with Gasteiger partial charge in [-0.25, -0.2) is 0 Å². The molecular weight excluding hydrogens is 344 g/mol. The molecule has 4 rings (SSSR count). The maximum Gasteiger partial charge on any atom is 0.308 e. The summed E-state index contributed by atoms with van der Waals surface area (Å²) in [7, 11) is 0. The summed E-state index contributed by atoms with van der Waals surface area (Å²) < 4.78 is 16.9. The lowest BCUT2D eigenvalue weighted by atomic mass is 9.50. The van der Waals surface area contributed by atoms with Crippen molar-refractivity contribution in [2.75, 3.05) is 0 Å². The third-order valence-corrected chi connectivity index (χ3v) is 8.04. The summed E-state index contributed by atoms with van der Waals surface area (Å²) in [5, 5.41) is 0. The molecule has 150 valence electrons. The molecular formula is C22H32O5. The molecule has 1 saturated carbocycles. The van der Waals surface area contributed by atoms with Crippen molar-refractivity contribution in [1.29, 1.82) is 0 Å². The van der Waals surface area contributed by atoms with Crippen molar-refractivity contribution in [2.24, 2.45) is 34.5 Å². The Morgan fingerprint density at radius 2 is 2.00 bits per heavy atom. The summed E-state index contributed by atoms with van der Waals surface area (Å²) in [6, 6.07) is 0. The maximum absolute atomic E-state index is 12.0. The quantitative estimate of drug-likeness (QED) is 0.534. The fourth-order valence-electron chi connectivity index (χ4n) is 6.38. The van der Waals surface area contributed by atoms with Crippen LogP contribution in [0.15, 0.2) is 11.6 Å². The Morgan fingerprint density at radius 3 is 2.70 bits per heavy atom. The average molecular weight is 376 g/mol. The van der Waals surface area contributed by atoms with E-state index in [1.54, 1.807) is 5.57 Å². The fourth-order valence-corrected chi connectivity index (χ4v) is 6.38. The van der Waals surface area contributed by atoms with Crippen molar-refractivity contribution in [2.45, 2.75) is 79.3 Å². The van der Waals surface area contributed by atoms with Crippen LogP contribution in [-0.4, -0.2) is 24.5 Å². The first-order valence-electron chi connectivity index (χ1n) is 10.4. The highest BCUT2D eigenvalue weighted by molar-refractivity contribution is 5.71. The van der Waals surface area contributed by atoms with Gasteiger partial charge in [-0.15, -0.1) is 0 Å². The van der Waals surface area contributed by atoms with Gasteiger partial charge >= 0.3 is 11.9 Å². The molecule has 0 N–H and O–H groups in total. The van der Waals surface area contributed by atoms with Crippen molar-refractivity contribution in [3.05, 3.63) is 11.6 Å². The zero-order valence-corrected chi connectivity index (χ0v) is 17.1. The van der Waals surface area contributed by atoms with E-state index in [9.17, 15) is 9.59 Å². The van der Waals surface area contributed by atoms with Crippen molar-refractivity contribution >= 4 is 11.9 Å². The number of hydrogen-bond donors (Lipinski definition) is 0. The van der Waals surface area contributed by atoms with E-state index >= 15 is 0 Å². The monoisotopic (exact) mass is 376 g/mol. The predicted octanol–water partition coefficient (Wildman–Crippen LogP) is 4.21. The first-order valence-corrected chi connectivity index (χ1v) is 10.4. The molecule has 2 aliphatic carbocycles. The van der Waals surface area contributed by atoms with Crippen LogP contribution in [0.1, 0.15) is 66.7 Å². The minimum Gasteiger partial charge on any atom is -0.435 e. The van der Waals surface area contributed by atoms with Crippen LogP contribution in [0, 0.1) is 34.5 Å². The SMILES string of the molecule is CC(=O)OC1OC2OC(=O)CC1C2C1(C)CCC2C(=CCCC2(C)C)C1C. The highest BCUT2D eigenvalue weighted by Gasteiger charge is 2.62. The van der Waals surface area contributed by atoms with Crippen LogP contribution in [0.25, 0.3) is 0 Å². The molecule has 3 fully saturated rings. The molecule has 0 spiro atoms. The summed E-state index contributed by atoms with van der Waals surface area (Å²) in [5.41, 5.74) is 1.87. The number of allylic oxidation sites excluding steroid dienone is 2. The molecule has 2 heterocycles. The lowest BCUT2D eigenvalue weighted by Gasteiger charge is -2.55. The van der Waals surface area contributed by atoms with Gasteiger partial charge in [-0.3, -0.25) is 9.59 Å². The summed E-state index contributed by atoms with van der Waals surface area (Å²) >= 11 is 0. The summed E-state index contributed by atoms with van der Waals surface area (Å²) in [4.78, 5) is 23.5. The Bertz CT molecular complexity index is 680. The molecule has 2 saturated heterocycles. The number of esters is 2. The van der Waals surface area contributed by atoms with Crippen LogP contribution in [0.3, 0.4) is 0 Å². The van der Waals surface area contributed by atoms with Gasteiger partial charge in [0.15, 0.2) is 0 Å². The van der Waals surface area contributed by atoms with Gasteiger partial charge < -0.3 is 14.2 Å². The largest absolute Gasteiger partial charge is 0.435 e. The molecule has 0 aromatic heterocycles. The van der Waals surface area contributed by atoms with Crippen LogP contribution >= 0.6 is 0 Å². The van der Waals surface area contributed by atoms with E-state index in [0.717, 1.165) is 19.3 Å². The van der Waals surface area contributed by atoms with E-state index in [1.807, 2.05) is 0 Å². The van der Waals surface area contributed by atoms with Crippen LogP contribution < -0.4 is 0 Å². The summed E-state index contributed by atoms with van der Waals surface area (Å²) in [6.45, 7) is 10.8. The number of fused-ring (bicyclic) bond motifs is 3. The molecule has 5 heteroatoms. The molecule has 0 aromatic carbocycles. The zero-order valence-electron chi connectivity index (χ0n) is 17.1. The Labute approximate surface area is 161 Å². The van der Waals surface area contributed by atoms with Gasteiger partial charge in [-0.05, 0) is 48.3 Å². The Morgan fingerprint density at radius 1 is 1.26 bits per heavy atom. The predicted molar refractivity (Wildman–Crippen MR) is 99.2 cm³/mol. The van der Waals surface area contributed by atoms with E-state index in [1.165, 1.54) is 13.3 Å². The van der Waals surface area contributed by atoms with Crippen molar-refractivity contribution in [3.63, 3.8) is 0 Å². The van der Waals surface area contributed by atoms with E-state index in [4.69, 9.17) is 14.2 Å². The second kappa shape index (κ2) is 6.33. The van der Waals surface area contributed by atoms with Crippen LogP contribution in [0.2, 0.25) is 0 Å². The zero-order chi connectivity index (χ0) is 19.6. The third-order valence-electron chi connectivity index (χ3n) is 8.04.